The molecule has 5 aliphatic rings. The molecule has 4 aliphatic heterocycles. The van der Waals surface area contributed by atoms with Gasteiger partial charge in [-0.15, -0.1) is 0 Å². The Hall–Kier alpha value is -2.75. The number of fused-ring (bicyclic) bond motifs is 1. The molecule has 8 atom stereocenters. The minimum atomic E-state index is -1.14. The molecule has 1 spiro atoms. The molecule has 3 amide bonds. The predicted molar refractivity (Wildman–Crippen MR) is 164 cm³/mol. The normalized spacial score (nSPS) is 35.4. The number of anilines is 1. The molecule has 9 nitrogen and oxygen atoms in total. The lowest BCUT2D eigenvalue weighted by atomic mass is 9.73. The van der Waals surface area contributed by atoms with Crippen LogP contribution in [0.25, 0.3) is 0 Å². The van der Waals surface area contributed by atoms with Crippen LogP contribution in [0.5, 0.6) is 0 Å². The van der Waals surface area contributed by atoms with Crippen LogP contribution in [-0.4, -0.2) is 90.7 Å². The molecule has 2 bridgehead atoms. The van der Waals surface area contributed by atoms with Crippen LogP contribution in [0.4, 0.5) is 5.69 Å². The molecule has 0 aromatic heterocycles. The van der Waals surface area contributed by atoms with Gasteiger partial charge in [0.15, 0.2) is 0 Å². The average molecular weight is 593 g/mol. The van der Waals surface area contributed by atoms with E-state index in [-0.39, 0.29) is 23.8 Å². The molecule has 9 heteroatoms. The van der Waals surface area contributed by atoms with E-state index in [0.717, 1.165) is 38.9 Å². The molecular formula is C34H48N4O5. The summed E-state index contributed by atoms with van der Waals surface area (Å²) in [7, 11) is 0. The molecule has 6 rings (SSSR count). The highest BCUT2D eigenvalue weighted by Crippen LogP contribution is 2.55. The highest BCUT2D eigenvalue weighted by molar-refractivity contribution is 6.02. The number of hydrogen-bond donors (Lipinski definition) is 2. The zero-order valence-corrected chi connectivity index (χ0v) is 26.1. The van der Waals surface area contributed by atoms with Crippen molar-refractivity contribution in [2.45, 2.75) is 83.1 Å². The van der Waals surface area contributed by atoms with Gasteiger partial charge in [0.2, 0.25) is 17.7 Å². The van der Waals surface area contributed by atoms with Gasteiger partial charge in [0.1, 0.15) is 11.6 Å². The maximum absolute atomic E-state index is 14.3. The number of nitrogens with one attached hydrogen (secondary N) is 2. The van der Waals surface area contributed by atoms with Gasteiger partial charge in [-0.05, 0) is 48.3 Å². The highest BCUT2D eigenvalue weighted by atomic mass is 16.5. The highest BCUT2D eigenvalue weighted by Gasteiger charge is 2.72. The lowest BCUT2D eigenvalue weighted by Crippen LogP contribution is -2.58. The SMILES string of the molecule is CC(C)c1ccc(NC(=O)[C@@H]2[C@@H]3C=C[C@]4(O3)[C@@H]2C(=O)N(CCCN2CCOCC2)[C@H]4C(=O)N[C@@H]2CCC[C@H](C)[C@H]2C)cc1. The standard InChI is InChI=1S/C34H48N4O5/c1-21(2)24-9-11-25(12-10-24)35-31(39)28-27-13-14-34(43-27)29(28)33(41)38(16-6-15-37-17-19-42-20-18-37)30(34)32(40)36-26-8-5-7-22(3)23(26)4/h9-14,21-23,26-30H,5-8,15-20H2,1-4H3,(H,35,39)(H,36,40)/t22-,23+,26+,27-,28+,29-,30-,34-/m0/s1. The number of rotatable bonds is 9. The van der Waals surface area contributed by atoms with Gasteiger partial charge in [-0.25, -0.2) is 0 Å². The third-order valence-electron chi connectivity index (χ3n) is 10.8. The van der Waals surface area contributed by atoms with Crippen molar-refractivity contribution in [3.05, 3.63) is 42.0 Å². The van der Waals surface area contributed by atoms with Gasteiger partial charge in [0.25, 0.3) is 0 Å². The summed E-state index contributed by atoms with van der Waals surface area (Å²) in [6, 6.07) is 7.11. The van der Waals surface area contributed by atoms with Crippen LogP contribution in [-0.2, 0) is 23.9 Å². The van der Waals surface area contributed by atoms with Gasteiger partial charge in [0.05, 0.1) is 31.2 Å². The molecule has 0 unspecified atom stereocenters. The number of nitrogens with zero attached hydrogens (tertiary/aromatic N) is 2. The maximum atomic E-state index is 14.3. The summed E-state index contributed by atoms with van der Waals surface area (Å²) in [6.45, 7) is 13.2. The third-order valence-corrected chi connectivity index (χ3v) is 10.8. The fourth-order valence-electron chi connectivity index (χ4n) is 8.02. The van der Waals surface area contributed by atoms with Crippen molar-refractivity contribution in [1.82, 2.24) is 15.1 Å². The number of amides is 3. The van der Waals surface area contributed by atoms with Crippen molar-refractivity contribution in [1.29, 1.82) is 0 Å². The Bertz CT molecular complexity index is 1230. The van der Waals surface area contributed by atoms with Gasteiger partial charge in [-0.2, -0.15) is 0 Å². The van der Waals surface area contributed by atoms with Crippen LogP contribution < -0.4 is 10.6 Å². The number of benzene rings is 1. The number of carbonyl (C=O) groups excluding carboxylic acids is 3. The van der Waals surface area contributed by atoms with E-state index in [1.165, 1.54) is 12.0 Å². The minimum Gasteiger partial charge on any atom is -0.379 e. The van der Waals surface area contributed by atoms with Crippen LogP contribution in [0.2, 0.25) is 0 Å². The van der Waals surface area contributed by atoms with E-state index in [2.05, 4.69) is 43.2 Å². The van der Waals surface area contributed by atoms with Crippen molar-refractivity contribution in [3.63, 3.8) is 0 Å². The quantitative estimate of drug-likeness (QED) is 0.426. The first-order valence-electron chi connectivity index (χ1n) is 16.4. The lowest BCUT2D eigenvalue weighted by molar-refractivity contribution is -0.141. The Morgan fingerprint density at radius 2 is 1.79 bits per heavy atom. The number of morpholine rings is 1. The van der Waals surface area contributed by atoms with E-state index in [9.17, 15) is 14.4 Å². The van der Waals surface area contributed by atoms with Crippen molar-refractivity contribution >= 4 is 23.4 Å². The molecule has 1 saturated carbocycles. The maximum Gasteiger partial charge on any atom is 0.246 e. The molecule has 0 radical (unpaired) electrons. The molecule has 1 aromatic rings. The van der Waals surface area contributed by atoms with Crippen molar-refractivity contribution in [2.75, 3.05) is 44.7 Å². The van der Waals surface area contributed by atoms with Crippen LogP contribution >= 0.6 is 0 Å². The Kier molecular flexibility index (Phi) is 8.68. The molecule has 43 heavy (non-hydrogen) atoms. The zero-order chi connectivity index (χ0) is 30.3. The number of carbonyl (C=O) groups is 3. The third kappa shape index (κ3) is 5.64. The molecule has 1 aliphatic carbocycles. The predicted octanol–water partition coefficient (Wildman–Crippen LogP) is 3.56. The van der Waals surface area contributed by atoms with Crippen LogP contribution in [0.3, 0.4) is 0 Å². The summed E-state index contributed by atoms with van der Waals surface area (Å²) < 4.78 is 12.0. The van der Waals surface area contributed by atoms with Crippen molar-refractivity contribution in [3.8, 4) is 0 Å². The number of hydrogen-bond acceptors (Lipinski definition) is 6. The summed E-state index contributed by atoms with van der Waals surface area (Å²) in [5.41, 5.74) is 0.743. The van der Waals surface area contributed by atoms with E-state index in [1.807, 2.05) is 36.4 Å². The van der Waals surface area contributed by atoms with Crippen LogP contribution in [0.15, 0.2) is 36.4 Å². The Balaban J connectivity index is 1.23. The lowest BCUT2D eigenvalue weighted by Gasteiger charge is -2.38. The summed E-state index contributed by atoms with van der Waals surface area (Å²) in [5, 5.41) is 6.39. The largest absolute Gasteiger partial charge is 0.379 e. The zero-order valence-electron chi connectivity index (χ0n) is 26.1. The van der Waals surface area contributed by atoms with E-state index in [0.29, 0.717) is 43.2 Å². The molecule has 4 heterocycles. The molecular weight excluding hydrogens is 544 g/mol. The van der Waals surface area contributed by atoms with E-state index in [4.69, 9.17) is 9.47 Å². The van der Waals surface area contributed by atoms with Gasteiger partial charge in [-0.3, -0.25) is 19.3 Å². The Morgan fingerprint density at radius 3 is 2.51 bits per heavy atom. The number of likely N-dealkylation sites (tertiary alicyclic amines) is 1. The Labute approximate surface area is 255 Å². The second kappa shape index (κ2) is 12.3. The van der Waals surface area contributed by atoms with Crippen LogP contribution in [0, 0.1) is 23.7 Å². The van der Waals surface area contributed by atoms with E-state index >= 15 is 0 Å². The molecule has 2 N–H and O–H groups in total. The summed E-state index contributed by atoms with van der Waals surface area (Å²) in [6.07, 6.45) is 7.17. The van der Waals surface area contributed by atoms with Crippen molar-refractivity contribution < 1.29 is 23.9 Å². The summed E-state index contributed by atoms with van der Waals surface area (Å²) in [5.74, 6) is -0.721. The van der Waals surface area contributed by atoms with Crippen molar-refractivity contribution in [2.24, 2.45) is 23.7 Å². The second-order valence-corrected chi connectivity index (χ2v) is 13.7. The van der Waals surface area contributed by atoms with Gasteiger partial charge in [0, 0.05) is 37.9 Å². The smallest absolute Gasteiger partial charge is 0.246 e. The molecule has 1 aromatic carbocycles. The first-order valence-corrected chi connectivity index (χ1v) is 16.4. The van der Waals surface area contributed by atoms with Gasteiger partial charge in [-0.1, -0.05) is 64.8 Å². The monoisotopic (exact) mass is 592 g/mol. The number of ether oxygens (including phenoxy) is 2. The van der Waals surface area contributed by atoms with Gasteiger partial charge >= 0.3 is 0 Å². The Morgan fingerprint density at radius 1 is 1.05 bits per heavy atom. The fraction of sp³-hybridized carbons (Fsp3) is 0.676. The van der Waals surface area contributed by atoms with E-state index < -0.39 is 29.6 Å². The summed E-state index contributed by atoms with van der Waals surface area (Å²) >= 11 is 0. The second-order valence-electron chi connectivity index (χ2n) is 13.7. The van der Waals surface area contributed by atoms with Gasteiger partial charge < -0.3 is 25.0 Å². The average Bonchev–Trinajstić information content (AvgIpc) is 3.64. The molecule has 3 saturated heterocycles. The first-order chi connectivity index (χ1) is 20.7. The van der Waals surface area contributed by atoms with Crippen LogP contribution in [0.1, 0.15) is 64.9 Å². The first kappa shape index (κ1) is 30.3. The summed E-state index contributed by atoms with van der Waals surface area (Å²) in [4.78, 5) is 46.4. The molecule has 4 fully saturated rings. The molecule has 234 valence electrons. The fourth-order valence-corrected chi connectivity index (χ4v) is 8.02. The van der Waals surface area contributed by atoms with E-state index in [1.54, 1.807) is 4.90 Å². The topological polar surface area (TPSA) is 100 Å². The minimum absolute atomic E-state index is 0.0625.